The third-order valence-electron chi connectivity index (χ3n) is 5.22. The maximum absolute atomic E-state index is 11.9. The molecule has 3 heterocycles. The van der Waals surface area contributed by atoms with E-state index < -0.39 is 0 Å². The lowest BCUT2D eigenvalue weighted by atomic mass is 9.85. The van der Waals surface area contributed by atoms with E-state index in [0.717, 1.165) is 44.2 Å². The summed E-state index contributed by atoms with van der Waals surface area (Å²) in [6, 6.07) is 2.92. The summed E-state index contributed by atoms with van der Waals surface area (Å²) >= 11 is 2.07. The van der Waals surface area contributed by atoms with Crippen molar-refractivity contribution in [3.05, 3.63) is 17.5 Å². The van der Waals surface area contributed by atoms with Gasteiger partial charge in [0, 0.05) is 30.8 Å². The molecule has 5 nitrogen and oxygen atoms in total. The Morgan fingerprint density at radius 2 is 2.27 bits per heavy atom. The topological polar surface area (TPSA) is 50.2 Å². The van der Waals surface area contributed by atoms with Gasteiger partial charge in [-0.25, -0.2) is 0 Å². The van der Waals surface area contributed by atoms with Gasteiger partial charge in [-0.2, -0.15) is 16.9 Å². The third kappa shape index (κ3) is 2.91. The first-order valence-corrected chi connectivity index (χ1v) is 9.60. The van der Waals surface area contributed by atoms with Crippen LogP contribution < -0.4 is 5.32 Å². The number of fused-ring (bicyclic) bond motifs is 1. The van der Waals surface area contributed by atoms with Crippen molar-refractivity contribution in [3.63, 3.8) is 0 Å². The summed E-state index contributed by atoms with van der Waals surface area (Å²) in [6.45, 7) is 3.67. The smallest absolute Gasteiger partial charge is 0.223 e. The minimum absolute atomic E-state index is 0.210. The highest BCUT2D eigenvalue weighted by Gasteiger charge is 2.28. The summed E-state index contributed by atoms with van der Waals surface area (Å²) in [7, 11) is 0. The van der Waals surface area contributed by atoms with Gasteiger partial charge in [-0.15, -0.1) is 0 Å². The number of hydrogen-bond donors (Lipinski definition) is 1. The molecular weight excluding hydrogens is 296 g/mol. The Labute approximate surface area is 135 Å². The molecule has 1 aromatic heterocycles. The first-order chi connectivity index (χ1) is 10.8. The van der Waals surface area contributed by atoms with Crippen LogP contribution >= 0.6 is 11.8 Å². The quantitative estimate of drug-likeness (QED) is 0.916. The Morgan fingerprint density at radius 3 is 3.00 bits per heavy atom. The molecule has 1 amide bonds. The van der Waals surface area contributed by atoms with Crippen LogP contribution in [0.4, 0.5) is 0 Å². The Morgan fingerprint density at radius 1 is 1.36 bits per heavy atom. The van der Waals surface area contributed by atoms with Gasteiger partial charge in [-0.3, -0.25) is 14.4 Å². The lowest BCUT2D eigenvalue weighted by molar-refractivity contribution is -0.127. The Balaban J connectivity index is 1.35. The molecule has 120 valence electrons. The lowest BCUT2D eigenvalue weighted by Gasteiger charge is -2.32. The van der Waals surface area contributed by atoms with Crippen LogP contribution in [0.5, 0.6) is 0 Å². The van der Waals surface area contributed by atoms with E-state index in [2.05, 4.69) is 37.8 Å². The Hall–Kier alpha value is -1.01. The number of carbonyl (C=O) groups is 1. The van der Waals surface area contributed by atoms with Gasteiger partial charge >= 0.3 is 0 Å². The normalized spacial score (nSPS) is 25.7. The molecule has 1 saturated heterocycles. The molecule has 1 saturated carbocycles. The molecule has 0 bridgehead atoms. The van der Waals surface area contributed by atoms with Crippen molar-refractivity contribution in [2.24, 2.45) is 5.92 Å². The lowest BCUT2D eigenvalue weighted by Crippen LogP contribution is -2.41. The van der Waals surface area contributed by atoms with Gasteiger partial charge in [0.05, 0.1) is 24.5 Å². The molecular formula is C16H24N4OS. The first kappa shape index (κ1) is 14.6. The summed E-state index contributed by atoms with van der Waals surface area (Å²) in [5, 5.41) is 7.70. The van der Waals surface area contributed by atoms with E-state index in [0.29, 0.717) is 6.54 Å². The van der Waals surface area contributed by atoms with Gasteiger partial charge in [0.2, 0.25) is 5.91 Å². The largest absolute Gasteiger partial charge is 0.350 e. The number of rotatable bonds is 4. The molecule has 0 aromatic carbocycles. The molecule has 22 heavy (non-hydrogen) atoms. The fourth-order valence-electron chi connectivity index (χ4n) is 3.55. The van der Waals surface area contributed by atoms with E-state index >= 15 is 0 Å². The zero-order valence-electron chi connectivity index (χ0n) is 13.0. The summed E-state index contributed by atoms with van der Waals surface area (Å²) < 4.78 is 2.13. The summed E-state index contributed by atoms with van der Waals surface area (Å²) in [5.74, 6) is 3.05. The van der Waals surface area contributed by atoms with Gasteiger partial charge in [0.15, 0.2) is 0 Å². The molecule has 0 unspecified atom stereocenters. The minimum atomic E-state index is 0.210. The number of hydrogen-bond acceptors (Lipinski definition) is 4. The van der Waals surface area contributed by atoms with E-state index in [1.165, 1.54) is 30.0 Å². The third-order valence-corrected chi connectivity index (χ3v) is 6.36. The Kier molecular flexibility index (Phi) is 4.13. The molecule has 3 aliphatic rings. The Bertz CT molecular complexity index is 548. The van der Waals surface area contributed by atoms with Crippen molar-refractivity contribution in [1.29, 1.82) is 0 Å². The van der Waals surface area contributed by atoms with Crippen LogP contribution in [0.15, 0.2) is 6.07 Å². The SMILES string of the molecule is O=C(NCc1cc2n(n1)CCN([C@H]1CCSC1)C2)C1CCC1. The van der Waals surface area contributed by atoms with E-state index in [1.807, 2.05) is 0 Å². The molecule has 0 radical (unpaired) electrons. The molecule has 2 aliphatic heterocycles. The highest BCUT2D eigenvalue weighted by atomic mass is 32.2. The molecule has 4 rings (SSSR count). The zero-order valence-corrected chi connectivity index (χ0v) is 13.8. The second-order valence-corrected chi connectivity index (χ2v) is 7.83. The van der Waals surface area contributed by atoms with E-state index in [1.54, 1.807) is 0 Å². The van der Waals surface area contributed by atoms with Crippen molar-refractivity contribution < 1.29 is 4.79 Å². The summed E-state index contributed by atoms with van der Waals surface area (Å²) in [4.78, 5) is 14.5. The van der Waals surface area contributed by atoms with Crippen LogP contribution in [0, 0.1) is 5.92 Å². The predicted octanol–water partition coefficient (Wildman–Crippen LogP) is 1.62. The standard InChI is InChI=1S/C16H24N4OS/c21-16(12-2-1-3-12)17-9-13-8-15-10-19(5-6-20(15)18-13)14-4-7-22-11-14/h8,12,14H,1-7,9-11H2,(H,17,21)/t14-/m0/s1. The maximum atomic E-state index is 11.9. The average molecular weight is 320 g/mol. The van der Waals surface area contributed by atoms with Gasteiger partial charge in [-0.05, 0) is 31.1 Å². The van der Waals surface area contributed by atoms with Crippen molar-refractivity contribution in [2.45, 2.75) is 51.4 Å². The van der Waals surface area contributed by atoms with E-state index in [-0.39, 0.29) is 11.8 Å². The van der Waals surface area contributed by atoms with Crippen molar-refractivity contribution >= 4 is 17.7 Å². The number of nitrogens with zero attached hydrogens (tertiary/aromatic N) is 3. The number of aromatic nitrogens is 2. The highest BCUT2D eigenvalue weighted by molar-refractivity contribution is 7.99. The fraction of sp³-hybridized carbons (Fsp3) is 0.750. The molecule has 0 spiro atoms. The number of thioether (sulfide) groups is 1. The van der Waals surface area contributed by atoms with Crippen LogP contribution in [0.2, 0.25) is 0 Å². The molecule has 2 fully saturated rings. The monoisotopic (exact) mass is 320 g/mol. The molecule has 1 aromatic rings. The van der Waals surface area contributed by atoms with Gasteiger partial charge in [0.1, 0.15) is 0 Å². The fourth-order valence-corrected chi connectivity index (χ4v) is 4.80. The van der Waals surface area contributed by atoms with Crippen LogP contribution in [0.1, 0.15) is 37.1 Å². The maximum Gasteiger partial charge on any atom is 0.223 e. The van der Waals surface area contributed by atoms with Crippen molar-refractivity contribution in [2.75, 3.05) is 18.1 Å². The van der Waals surface area contributed by atoms with Crippen molar-refractivity contribution in [1.82, 2.24) is 20.0 Å². The van der Waals surface area contributed by atoms with Crippen molar-refractivity contribution in [3.8, 4) is 0 Å². The predicted molar refractivity (Wildman–Crippen MR) is 87.6 cm³/mol. The summed E-state index contributed by atoms with van der Waals surface area (Å²) in [6.07, 6.45) is 4.63. The summed E-state index contributed by atoms with van der Waals surface area (Å²) in [5.41, 5.74) is 2.31. The van der Waals surface area contributed by atoms with Gasteiger partial charge < -0.3 is 5.32 Å². The molecule has 1 atom stereocenters. The molecule has 6 heteroatoms. The second-order valence-electron chi connectivity index (χ2n) is 6.68. The molecule has 1 N–H and O–H groups in total. The van der Waals surface area contributed by atoms with Crippen LogP contribution in [0.25, 0.3) is 0 Å². The molecule has 1 aliphatic carbocycles. The first-order valence-electron chi connectivity index (χ1n) is 8.45. The number of carbonyl (C=O) groups excluding carboxylic acids is 1. The van der Waals surface area contributed by atoms with E-state index in [9.17, 15) is 4.79 Å². The van der Waals surface area contributed by atoms with E-state index in [4.69, 9.17) is 0 Å². The number of amides is 1. The average Bonchev–Trinajstić information content (AvgIpc) is 3.11. The second kappa shape index (κ2) is 6.24. The minimum Gasteiger partial charge on any atom is -0.350 e. The zero-order chi connectivity index (χ0) is 14.9. The van der Waals surface area contributed by atoms with Crippen LogP contribution in [-0.4, -0.2) is 44.7 Å². The van der Waals surface area contributed by atoms with Crippen LogP contribution in [0.3, 0.4) is 0 Å². The van der Waals surface area contributed by atoms with Gasteiger partial charge in [0.25, 0.3) is 0 Å². The van der Waals surface area contributed by atoms with Gasteiger partial charge in [-0.1, -0.05) is 6.42 Å². The number of nitrogens with one attached hydrogen (secondary N) is 1. The highest BCUT2D eigenvalue weighted by Crippen LogP contribution is 2.27. The van der Waals surface area contributed by atoms with Crippen LogP contribution in [-0.2, 0) is 24.4 Å².